The van der Waals surface area contributed by atoms with Gasteiger partial charge in [-0.2, -0.15) is 0 Å². The van der Waals surface area contributed by atoms with Gasteiger partial charge in [0.15, 0.2) is 0 Å². The number of carboxylic acids is 1. The van der Waals surface area contributed by atoms with Crippen molar-refractivity contribution in [1.82, 2.24) is 4.98 Å². The van der Waals surface area contributed by atoms with Crippen molar-refractivity contribution in [2.24, 2.45) is 0 Å². The topological polar surface area (TPSA) is 79.7 Å². The molecule has 98 valence electrons. The fraction of sp³-hybridized carbons (Fsp3) is 0.143. The lowest BCUT2D eigenvalue weighted by Crippen LogP contribution is -2.19. The number of phenolic OH excluding ortho intramolecular Hbond substituents is 1. The van der Waals surface area contributed by atoms with Crippen molar-refractivity contribution in [3.8, 4) is 11.5 Å². The molecule has 0 aliphatic heterocycles. The smallest absolute Gasteiger partial charge is 0.314 e. The summed E-state index contributed by atoms with van der Waals surface area (Å²) < 4.78 is 5.40. The van der Waals surface area contributed by atoms with Crippen molar-refractivity contribution < 1.29 is 19.7 Å². The van der Waals surface area contributed by atoms with Crippen LogP contribution in [0.25, 0.3) is 0 Å². The average molecular weight is 259 g/mol. The van der Waals surface area contributed by atoms with Crippen LogP contribution in [0.3, 0.4) is 0 Å². The monoisotopic (exact) mass is 259 g/mol. The molecule has 1 aromatic heterocycles. The second-order valence-corrected chi connectivity index (χ2v) is 3.99. The van der Waals surface area contributed by atoms with Gasteiger partial charge >= 0.3 is 5.97 Å². The quantitative estimate of drug-likeness (QED) is 0.858. The predicted octanol–water partition coefficient (Wildman–Crippen LogP) is 2.03. The third kappa shape index (κ3) is 3.45. The van der Waals surface area contributed by atoms with E-state index in [-0.39, 0.29) is 12.4 Å². The van der Waals surface area contributed by atoms with E-state index >= 15 is 0 Å². The Hall–Kier alpha value is -2.56. The number of rotatable bonds is 5. The molecule has 0 spiro atoms. The molecule has 5 nitrogen and oxygen atoms in total. The number of hydrogen-bond acceptors (Lipinski definition) is 4. The fourth-order valence-electron chi connectivity index (χ4n) is 1.66. The van der Waals surface area contributed by atoms with Gasteiger partial charge in [-0.1, -0.05) is 12.1 Å². The van der Waals surface area contributed by atoms with Crippen molar-refractivity contribution in [3.63, 3.8) is 0 Å². The zero-order valence-electron chi connectivity index (χ0n) is 10.1. The van der Waals surface area contributed by atoms with Crippen LogP contribution in [0.15, 0.2) is 48.8 Å². The Morgan fingerprint density at radius 3 is 2.79 bits per heavy atom. The predicted molar refractivity (Wildman–Crippen MR) is 68.2 cm³/mol. The Labute approximate surface area is 110 Å². The van der Waals surface area contributed by atoms with Gasteiger partial charge < -0.3 is 14.9 Å². The summed E-state index contributed by atoms with van der Waals surface area (Å²) in [5.74, 6) is -1.30. The van der Waals surface area contributed by atoms with E-state index in [2.05, 4.69) is 4.98 Å². The Bertz CT molecular complexity index is 556. The fourth-order valence-corrected chi connectivity index (χ4v) is 1.66. The van der Waals surface area contributed by atoms with Gasteiger partial charge in [0.2, 0.25) is 0 Å². The minimum absolute atomic E-state index is 0.0233. The molecule has 5 heteroatoms. The van der Waals surface area contributed by atoms with Crippen LogP contribution in [0.1, 0.15) is 11.5 Å². The third-order valence-electron chi connectivity index (χ3n) is 2.62. The van der Waals surface area contributed by atoms with Gasteiger partial charge in [0.25, 0.3) is 0 Å². The van der Waals surface area contributed by atoms with Crippen LogP contribution in [-0.4, -0.2) is 27.8 Å². The van der Waals surface area contributed by atoms with Crippen molar-refractivity contribution in [3.05, 3.63) is 54.4 Å². The molecule has 1 atom stereocenters. The number of aliphatic carboxylic acids is 1. The van der Waals surface area contributed by atoms with Gasteiger partial charge in [-0.3, -0.25) is 9.78 Å². The summed E-state index contributed by atoms with van der Waals surface area (Å²) in [6, 6.07) is 9.57. The molecule has 19 heavy (non-hydrogen) atoms. The highest BCUT2D eigenvalue weighted by Crippen LogP contribution is 2.21. The number of aromatic nitrogens is 1. The number of benzene rings is 1. The van der Waals surface area contributed by atoms with Gasteiger partial charge in [-0.15, -0.1) is 0 Å². The minimum atomic E-state index is -1.01. The maximum atomic E-state index is 11.3. The molecule has 0 fully saturated rings. The summed E-state index contributed by atoms with van der Waals surface area (Å²) in [4.78, 5) is 15.1. The summed E-state index contributed by atoms with van der Waals surface area (Å²) in [5, 5.41) is 18.6. The van der Waals surface area contributed by atoms with Gasteiger partial charge in [0, 0.05) is 6.20 Å². The average Bonchev–Trinajstić information content (AvgIpc) is 2.40. The van der Waals surface area contributed by atoms with Crippen molar-refractivity contribution >= 4 is 5.97 Å². The van der Waals surface area contributed by atoms with Crippen LogP contribution in [0.4, 0.5) is 0 Å². The van der Waals surface area contributed by atoms with Crippen LogP contribution >= 0.6 is 0 Å². The molecule has 0 bridgehead atoms. The highest BCUT2D eigenvalue weighted by Gasteiger charge is 2.21. The largest absolute Gasteiger partial charge is 0.508 e. The molecule has 2 N–H and O–H groups in total. The van der Waals surface area contributed by atoms with E-state index in [1.165, 1.54) is 18.3 Å². The Morgan fingerprint density at radius 1 is 1.32 bits per heavy atom. The van der Waals surface area contributed by atoms with E-state index in [1.54, 1.807) is 30.5 Å². The maximum Gasteiger partial charge on any atom is 0.314 e. The standard InChI is InChI=1S/C14H13NO4/c16-11-4-1-3-10(7-11)13(14(17)18)9-19-12-5-2-6-15-8-12/h1-8,13,16H,9H2,(H,17,18). The van der Waals surface area contributed by atoms with Crippen LogP contribution < -0.4 is 4.74 Å². The molecule has 0 radical (unpaired) electrons. The Balaban J connectivity index is 2.11. The Morgan fingerprint density at radius 2 is 2.16 bits per heavy atom. The lowest BCUT2D eigenvalue weighted by molar-refractivity contribution is -0.139. The molecular weight excluding hydrogens is 246 g/mol. The highest BCUT2D eigenvalue weighted by atomic mass is 16.5. The second kappa shape index (κ2) is 5.86. The highest BCUT2D eigenvalue weighted by molar-refractivity contribution is 5.76. The molecule has 0 aliphatic carbocycles. The number of carbonyl (C=O) groups is 1. The number of nitrogens with zero attached hydrogens (tertiary/aromatic N) is 1. The summed E-state index contributed by atoms with van der Waals surface area (Å²) in [5.41, 5.74) is 0.497. The normalized spacial score (nSPS) is 11.8. The number of phenols is 1. The van der Waals surface area contributed by atoms with Crippen LogP contribution in [0.5, 0.6) is 11.5 Å². The lowest BCUT2D eigenvalue weighted by atomic mass is 10.00. The van der Waals surface area contributed by atoms with Crippen LogP contribution in [-0.2, 0) is 4.79 Å². The van der Waals surface area contributed by atoms with Gasteiger partial charge in [0.1, 0.15) is 24.0 Å². The number of carboxylic acid groups (broad SMARTS) is 1. The maximum absolute atomic E-state index is 11.3. The van der Waals surface area contributed by atoms with E-state index in [4.69, 9.17) is 4.74 Å². The lowest BCUT2D eigenvalue weighted by Gasteiger charge is -2.14. The summed E-state index contributed by atoms with van der Waals surface area (Å²) in [6.45, 7) is -0.0233. The minimum Gasteiger partial charge on any atom is -0.508 e. The number of hydrogen-bond donors (Lipinski definition) is 2. The summed E-state index contributed by atoms with van der Waals surface area (Å²) in [7, 11) is 0. The van der Waals surface area contributed by atoms with Crippen LogP contribution in [0.2, 0.25) is 0 Å². The van der Waals surface area contributed by atoms with Crippen molar-refractivity contribution in [1.29, 1.82) is 0 Å². The van der Waals surface area contributed by atoms with E-state index in [0.29, 0.717) is 11.3 Å². The van der Waals surface area contributed by atoms with E-state index in [1.807, 2.05) is 0 Å². The van der Waals surface area contributed by atoms with E-state index in [0.717, 1.165) is 0 Å². The first-order valence-corrected chi connectivity index (χ1v) is 5.71. The molecule has 0 amide bonds. The third-order valence-corrected chi connectivity index (χ3v) is 2.62. The Kier molecular flexibility index (Phi) is 3.97. The number of aromatic hydroxyl groups is 1. The summed E-state index contributed by atoms with van der Waals surface area (Å²) in [6.07, 6.45) is 3.12. The molecule has 1 aromatic carbocycles. The zero-order chi connectivity index (χ0) is 13.7. The molecule has 2 aromatic rings. The molecular formula is C14H13NO4. The van der Waals surface area contributed by atoms with Crippen molar-refractivity contribution in [2.75, 3.05) is 6.61 Å². The second-order valence-electron chi connectivity index (χ2n) is 3.99. The first-order chi connectivity index (χ1) is 9.16. The number of pyridine rings is 1. The molecule has 1 heterocycles. The van der Waals surface area contributed by atoms with Gasteiger partial charge in [-0.25, -0.2) is 0 Å². The molecule has 2 rings (SSSR count). The van der Waals surface area contributed by atoms with Crippen molar-refractivity contribution in [2.45, 2.75) is 5.92 Å². The van der Waals surface area contributed by atoms with Crippen LogP contribution in [0, 0.1) is 0 Å². The SMILES string of the molecule is O=C(O)C(COc1cccnc1)c1cccc(O)c1. The molecule has 0 aliphatic rings. The first-order valence-electron chi connectivity index (χ1n) is 5.71. The van der Waals surface area contributed by atoms with Gasteiger partial charge in [-0.05, 0) is 29.8 Å². The molecule has 0 saturated carbocycles. The number of ether oxygens (including phenoxy) is 1. The van der Waals surface area contributed by atoms with E-state index in [9.17, 15) is 15.0 Å². The molecule has 0 saturated heterocycles. The summed E-state index contributed by atoms with van der Waals surface area (Å²) >= 11 is 0. The van der Waals surface area contributed by atoms with Gasteiger partial charge in [0.05, 0.1) is 6.20 Å². The zero-order valence-corrected chi connectivity index (χ0v) is 10.1. The molecule has 1 unspecified atom stereocenters. The first kappa shape index (κ1) is 12.9. The van der Waals surface area contributed by atoms with E-state index < -0.39 is 11.9 Å².